The van der Waals surface area contributed by atoms with Gasteiger partial charge in [0.15, 0.2) is 0 Å². The van der Waals surface area contributed by atoms with Crippen LogP contribution in [0.4, 0.5) is 10.6 Å². The van der Waals surface area contributed by atoms with Crippen LogP contribution in [0.15, 0.2) is 53.6 Å². The van der Waals surface area contributed by atoms with Crippen molar-refractivity contribution in [1.82, 2.24) is 9.55 Å². The molecule has 120 valence electrons. The predicted octanol–water partition coefficient (Wildman–Crippen LogP) is 2.48. The van der Waals surface area contributed by atoms with Gasteiger partial charge in [0.1, 0.15) is 11.4 Å². The van der Waals surface area contributed by atoms with Crippen molar-refractivity contribution in [3.63, 3.8) is 0 Å². The zero-order chi connectivity index (χ0) is 17.3. The normalized spacial score (nSPS) is 10.5. The van der Waals surface area contributed by atoms with Gasteiger partial charge in [0, 0.05) is 17.8 Å². The lowest BCUT2D eigenvalue weighted by atomic mass is 10.1. The minimum atomic E-state index is -1.39. The van der Waals surface area contributed by atoms with Crippen molar-refractivity contribution in [2.24, 2.45) is 0 Å². The first-order valence-corrected chi connectivity index (χ1v) is 7.09. The van der Waals surface area contributed by atoms with E-state index in [0.29, 0.717) is 11.3 Å². The van der Waals surface area contributed by atoms with Gasteiger partial charge in [-0.15, -0.1) is 0 Å². The summed E-state index contributed by atoms with van der Waals surface area (Å²) < 4.78 is 1.10. The Morgan fingerprint density at radius 3 is 2.67 bits per heavy atom. The molecule has 7 nitrogen and oxygen atoms in total. The molecule has 0 unspecified atom stereocenters. The van der Waals surface area contributed by atoms with Crippen molar-refractivity contribution in [3.8, 4) is 0 Å². The molecule has 0 aliphatic rings. The van der Waals surface area contributed by atoms with Crippen LogP contribution in [0.2, 0.25) is 0 Å². The zero-order valence-electron chi connectivity index (χ0n) is 12.7. The highest BCUT2D eigenvalue weighted by Crippen LogP contribution is 2.13. The SMILES string of the molecule is Cc1ccnc(NC(=O)n2cc(C(=O)O)c(=O)c3ccccc32)c1. The maximum absolute atomic E-state index is 12.5. The van der Waals surface area contributed by atoms with Gasteiger partial charge in [0.2, 0.25) is 5.43 Å². The lowest BCUT2D eigenvalue weighted by molar-refractivity contribution is 0.0695. The second kappa shape index (κ2) is 5.96. The fraction of sp³-hybridized carbons (Fsp3) is 0.0588. The number of carboxylic acids is 1. The number of anilines is 1. The standard InChI is InChI=1S/C17H13N3O4/c1-10-6-7-18-14(8-10)19-17(24)20-9-12(16(22)23)15(21)11-4-2-3-5-13(11)20/h2-9H,1H3,(H,22,23)(H,18,19,24). The highest BCUT2D eigenvalue weighted by atomic mass is 16.4. The van der Waals surface area contributed by atoms with Crippen LogP contribution in [0.3, 0.4) is 0 Å². The third-order valence-electron chi connectivity index (χ3n) is 3.51. The monoisotopic (exact) mass is 323 g/mol. The summed E-state index contributed by atoms with van der Waals surface area (Å²) in [6.45, 7) is 1.86. The average Bonchev–Trinajstić information content (AvgIpc) is 2.55. The third kappa shape index (κ3) is 2.74. The number of benzene rings is 1. The second-order valence-electron chi connectivity index (χ2n) is 5.21. The number of carboxylic acid groups (broad SMARTS) is 1. The Morgan fingerprint density at radius 2 is 1.96 bits per heavy atom. The lowest BCUT2D eigenvalue weighted by Crippen LogP contribution is -2.26. The highest BCUT2D eigenvalue weighted by Gasteiger charge is 2.17. The van der Waals surface area contributed by atoms with Crippen LogP contribution >= 0.6 is 0 Å². The molecule has 0 saturated carbocycles. The highest BCUT2D eigenvalue weighted by molar-refractivity contribution is 6.00. The maximum Gasteiger partial charge on any atom is 0.341 e. The Hall–Kier alpha value is -3.48. The van der Waals surface area contributed by atoms with Gasteiger partial charge < -0.3 is 5.11 Å². The first kappa shape index (κ1) is 15.4. The molecule has 2 heterocycles. The Bertz CT molecular complexity index is 1020. The number of rotatable bonds is 2. The molecule has 1 aromatic carbocycles. The second-order valence-corrected chi connectivity index (χ2v) is 5.21. The van der Waals surface area contributed by atoms with Crippen LogP contribution < -0.4 is 10.7 Å². The predicted molar refractivity (Wildman–Crippen MR) is 88.6 cm³/mol. The van der Waals surface area contributed by atoms with Crippen LogP contribution in [0, 0.1) is 6.92 Å². The van der Waals surface area contributed by atoms with Crippen LogP contribution in [0.1, 0.15) is 15.9 Å². The molecule has 0 aliphatic carbocycles. The van der Waals surface area contributed by atoms with E-state index >= 15 is 0 Å². The molecule has 2 aromatic heterocycles. The van der Waals surface area contributed by atoms with Crippen LogP contribution in [0.5, 0.6) is 0 Å². The van der Waals surface area contributed by atoms with Crippen molar-refractivity contribution >= 4 is 28.7 Å². The van der Waals surface area contributed by atoms with Crippen LogP contribution in [0.25, 0.3) is 10.9 Å². The van der Waals surface area contributed by atoms with Gasteiger partial charge in [-0.2, -0.15) is 0 Å². The number of pyridine rings is 2. The molecule has 3 aromatic rings. The van der Waals surface area contributed by atoms with Gasteiger partial charge in [0.05, 0.1) is 5.52 Å². The molecule has 0 aliphatic heterocycles. The molecule has 0 atom stereocenters. The molecular weight excluding hydrogens is 310 g/mol. The van der Waals surface area contributed by atoms with E-state index < -0.39 is 23.0 Å². The fourth-order valence-corrected chi connectivity index (χ4v) is 2.37. The fourth-order valence-electron chi connectivity index (χ4n) is 2.37. The van der Waals surface area contributed by atoms with Crippen LogP contribution in [-0.2, 0) is 0 Å². The topological polar surface area (TPSA) is 101 Å². The van der Waals surface area contributed by atoms with E-state index in [0.717, 1.165) is 16.3 Å². The molecule has 3 rings (SSSR count). The zero-order valence-corrected chi connectivity index (χ0v) is 12.7. The summed E-state index contributed by atoms with van der Waals surface area (Å²) in [5.74, 6) is -1.05. The number of amides is 1. The first-order valence-electron chi connectivity index (χ1n) is 7.09. The van der Waals surface area contributed by atoms with E-state index in [9.17, 15) is 19.5 Å². The third-order valence-corrected chi connectivity index (χ3v) is 3.51. The smallest absolute Gasteiger partial charge is 0.341 e. The molecule has 7 heteroatoms. The Balaban J connectivity index is 2.14. The van der Waals surface area contributed by atoms with Gasteiger partial charge in [-0.3, -0.25) is 14.7 Å². The molecular formula is C17H13N3O4. The van der Waals surface area contributed by atoms with Gasteiger partial charge in [-0.1, -0.05) is 12.1 Å². The van der Waals surface area contributed by atoms with Crippen molar-refractivity contribution in [2.75, 3.05) is 5.32 Å². The minimum absolute atomic E-state index is 0.157. The van der Waals surface area contributed by atoms with Crippen molar-refractivity contribution in [1.29, 1.82) is 0 Å². The van der Waals surface area contributed by atoms with Crippen LogP contribution in [-0.4, -0.2) is 26.7 Å². The molecule has 0 radical (unpaired) electrons. The number of hydrogen-bond acceptors (Lipinski definition) is 4. The van der Waals surface area contributed by atoms with Gasteiger partial charge in [0.25, 0.3) is 0 Å². The quantitative estimate of drug-likeness (QED) is 0.754. The van der Waals surface area contributed by atoms with Crippen molar-refractivity contribution in [2.45, 2.75) is 6.92 Å². The van der Waals surface area contributed by atoms with Crippen molar-refractivity contribution in [3.05, 3.63) is 70.1 Å². The maximum atomic E-state index is 12.5. The molecule has 2 N–H and O–H groups in total. The van der Waals surface area contributed by atoms with Crippen molar-refractivity contribution < 1.29 is 14.7 Å². The van der Waals surface area contributed by atoms with E-state index in [4.69, 9.17) is 0 Å². The summed E-state index contributed by atoms with van der Waals surface area (Å²) in [4.78, 5) is 40.1. The lowest BCUT2D eigenvalue weighted by Gasteiger charge is -2.12. The summed E-state index contributed by atoms with van der Waals surface area (Å²) in [6, 6.07) is 9.20. The van der Waals surface area contributed by atoms with E-state index in [2.05, 4.69) is 10.3 Å². The molecule has 24 heavy (non-hydrogen) atoms. The van der Waals surface area contributed by atoms with E-state index in [1.165, 1.54) is 6.07 Å². The minimum Gasteiger partial charge on any atom is -0.477 e. The number of nitrogens with zero attached hydrogens (tertiary/aromatic N) is 2. The van der Waals surface area contributed by atoms with E-state index in [1.54, 1.807) is 36.5 Å². The molecule has 0 fully saturated rings. The van der Waals surface area contributed by atoms with Gasteiger partial charge >= 0.3 is 12.0 Å². The number of para-hydroxylation sites is 1. The largest absolute Gasteiger partial charge is 0.477 e. The number of aryl methyl sites for hydroxylation is 1. The summed E-state index contributed by atoms with van der Waals surface area (Å²) >= 11 is 0. The summed E-state index contributed by atoms with van der Waals surface area (Å²) in [7, 11) is 0. The first-order chi connectivity index (χ1) is 11.5. The van der Waals surface area contributed by atoms with E-state index in [-0.39, 0.29) is 5.39 Å². The molecule has 0 bridgehead atoms. The summed E-state index contributed by atoms with van der Waals surface area (Å²) in [5, 5.41) is 12.0. The molecule has 0 spiro atoms. The average molecular weight is 323 g/mol. The number of fused-ring (bicyclic) bond motifs is 1. The Morgan fingerprint density at radius 1 is 1.21 bits per heavy atom. The van der Waals surface area contributed by atoms with E-state index in [1.807, 2.05) is 6.92 Å². The summed E-state index contributed by atoms with van der Waals surface area (Å²) in [5.41, 5.74) is 0.130. The summed E-state index contributed by atoms with van der Waals surface area (Å²) in [6.07, 6.45) is 2.58. The van der Waals surface area contributed by atoms with Gasteiger partial charge in [-0.05, 0) is 36.8 Å². The number of carbonyl (C=O) groups excluding carboxylic acids is 1. The number of hydrogen-bond donors (Lipinski definition) is 2. The molecule has 0 saturated heterocycles. The van der Waals surface area contributed by atoms with Gasteiger partial charge in [-0.25, -0.2) is 14.6 Å². The number of carbonyl (C=O) groups is 2. The number of aromatic nitrogens is 2. The Labute approximate surface area is 136 Å². The number of nitrogens with one attached hydrogen (secondary N) is 1. The Kier molecular flexibility index (Phi) is 3.83. The molecule has 1 amide bonds. The number of aromatic carboxylic acids is 1.